The Morgan fingerprint density at radius 1 is 1.20 bits per heavy atom. The Hall–Kier alpha value is -3.00. The van der Waals surface area contributed by atoms with Gasteiger partial charge in [0.15, 0.2) is 5.52 Å². The first kappa shape index (κ1) is 20.3. The number of nitrogens with zero attached hydrogens (tertiary/aromatic N) is 6. The number of benzene rings is 1. The van der Waals surface area contributed by atoms with E-state index in [4.69, 9.17) is 0 Å². The third-order valence-electron chi connectivity index (χ3n) is 5.60. The maximum atomic E-state index is 11.5. The predicted octanol–water partition coefficient (Wildman–Crippen LogP) is 3.77. The van der Waals surface area contributed by atoms with Gasteiger partial charge in [-0.1, -0.05) is 19.1 Å². The van der Waals surface area contributed by atoms with Crippen LogP contribution < -0.4 is 4.90 Å². The van der Waals surface area contributed by atoms with Crippen molar-refractivity contribution in [3.63, 3.8) is 0 Å². The lowest BCUT2D eigenvalue weighted by atomic mass is 10.1. The summed E-state index contributed by atoms with van der Waals surface area (Å²) in [6.07, 6.45) is 6.24. The largest absolute Gasteiger partial charge is 0.370 e. The summed E-state index contributed by atoms with van der Waals surface area (Å²) in [6, 6.07) is 7.27. The summed E-state index contributed by atoms with van der Waals surface area (Å²) in [5, 5.41) is 16.8. The van der Waals surface area contributed by atoms with Crippen LogP contribution in [0.1, 0.15) is 31.0 Å². The molecule has 0 amide bonds. The van der Waals surface area contributed by atoms with E-state index in [1.165, 1.54) is 11.6 Å². The molecule has 1 saturated heterocycles. The first-order valence-electron chi connectivity index (χ1n) is 10.6. The molecule has 2 aromatic heterocycles. The number of hydrogen-bond donors (Lipinski definition) is 0. The topological polar surface area (TPSA) is 80.3 Å². The molecule has 8 nitrogen and oxygen atoms in total. The van der Waals surface area contributed by atoms with Gasteiger partial charge in [0.25, 0.3) is 5.69 Å². The van der Waals surface area contributed by atoms with Crippen LogP contribution in [0.25, 0.3) is 10.9 Å². The van der Waals surface area contributed by atoms with Crippen molar-refractivity contribution in [2.75, 3.05) is 31.1 Å². The van der Waals surface area contributed by atoms with E-state index in [1.54, 1.807) is 6.07 Å². The van der Waals surface area contributed by atoms with Crippen LogP contribution in [0.4, 0.5) is 11.4 Å². The highest BCUT2D eigenvalue weighted by molar-refractivity contribution is 5.97. The third-order valence-corrected chi connectivity index (χ3v) is 5.60. The van der Waals surface area contributed by atoms with Crippen molar-refractivity contribution in [2.45, 2.75) is 39.8 Å². The average molecular weight is 409 g/mol. The van der Waals surface area contributed by atoms with Crippen LogP contribution in [0.5, 0.6) is 0 Å². The molecule has 0 unspecified atom stereocenters. The lowest BCUT2D eigenvalue weighted by Crippen LogP contribution is -2.30. The minimum atomic E-state index is -0.346. The van der Waals surface area contributed by atoms with Crippen LogP contribution in [-0.4, -0.2) is 50.8 Å². The lowest BCUT2D eigenvalue weighted by Gasteiger charge is -2.25. The monoisotopic (exact) mass is 408 g/mol. The van der Waals surface area contributed by atoms with Crippen LogP contribution in [0, 0.1) is 17.0 Å². The van der Waals surface area contributed by atoms with Gasteiger partial charge in [0.1, 0.15) is 0 Å². The standard InChI is InChI=1S/C22H28N6O2/c1-3-8-27-16-18(14-23-27)15-25-9-5-10-26(12-11-25)21-13-17(2)24-22-19(21)6-4-7-20(22)28(29)30/h4,6-7,13-14,16H,3,5,8-12,15H2,1-2H3. The van der Waals surface area contributed by atoms with Crippen LogP contribution in [-0.2, 0) is 13.1 Å². The van der Waals surface area contributed by atoms with Crippen molar-refractivity contribution in [1.82, 2.24) is 19.7 Å². The molecule has 158 valence electrons. The molecule has 1 aliphatic heterocycles. The molecular weight excluding hydrogens is 380 g/mol. The predicted molar refractivity (Wildman–Crippen MR) is 118 cm³/mol. The van der Waals surface area contributed by atoms with Gasteiger partial charge in [0.2, 0.25) is 0 Å². The van der Waals surface area contributed by atoms with Gasteiger partial charge >= 0.3 is 0 Å². The van der Waals surface area contributed by atoms with Crippen molar-refractivity contribution in [1.29, 1.82) is 0 Å². The Morgan fingerprint density at radius 3 is 2.87 bits per heavy atom. The van der Waals surface area contributed by atoms with Crippen LogP contribution in [0.15, 0.2) is 36.7 Å². The number of aryl methyl sites for hydroxylation is 2. The zero-order valence-electron chi connectivity index (χ0n) is 17.6. The molecule has 4 rings (SSSR count). The van der Waals surface area contributed by atoms with E-state index >= 15 is 0 Å². The Morgan fingerprint density at radius 2 is 2.07 bits per heavy atom. The highest BCUT2D eigenvalue weighted by Gasteiger charge is 2.21. The van der Waals surface area contributed by atoms with E-state index in [9.17, 15) is 10.1 Å². The van der Waals surface area contributed by atoms with Gasteiger partial charge in [-0.05, 0) is 25.8 Å². The van der Waals surface area contributed by atoms with E-state index in [1.807, 2.05) is 23.9 Å². The molecule has 3 aromatic rings. The molecule has 0 aliphatic carbocycles. The molecule has 0 N–H and O–H groups in total. The fourth-order valence-electron chi connectivity index (χ4n) is 4.22. The minimum absolute atomic E-state index is 0.0676. The van der Waals surface area contributed by atoms with E-state index < -0.39 is 0 Å². The Balaban J connectivity index is 1.53. The van der Waals surface area contributed by atoms with Gasteiger partial charge in [-0.25, -0.2) is 4.98 Å². The summed E-state index contributed by atoms with van der Waals surface area (Å²) in [5.41, 5.74) is 3.63. The molecule has 0 radical (unpaired) electrons. The average Bonchev–Trinajstić information content (AvgIpc) is 3.02. The highest BCUT2D eigenvalue weighted by Crippen LogP contribution is 2.32. The number of hydrogen-bond acceptors (Lipinski definition) is 6. The second-order valence-corrected chi connectivity index (χ2v) is 7.94. The summed E-state index contributed by atoms with van der Waals surface area (Å²) in [7, 11) is 0. The number of rotatable bonds is 6. The summed E-state index contributed by atoms with van der Waals surface area (Å²) < 4.78 is 2.01. The molecule has 1 aliphatic rings. The SMILES string of the molecule is CCCn1cc(CN2CCCN(c3cc(C)nc4c([N+](=O)[O-])cccc34)CC2)cn1. The Kier molecular flexibility index (Phi) is 5.94. The number of nitro benzene ring substituents is 1. The number of aromatic nitrogens is 3. The number of para-hydroxylation sites is 1. The van der Waals surface area contributed by atoms with Crippen molar-refractivity contribution in [2.24, 2.45) is 0 Å². The van der Waals surface area contributed by atoms with Crippen LogP contribution in [0.2, 0.25) is 0 Å². The van der Waals surface area contributed by atoms with Gasteiger partial charge < -0.3 is 4.90 Å². The molecule has 0 saturated carbocycles. The number of pyridine rings is 1. The Bertz CT molecular complexity index is 1050. The van der Waals surface area contributed by atoms with Crippen LogP contribution >= 0.6 is 0 Å². The Labute approximate surface area is 176 Å². The van der Waals surface area contributed by atoms with Gasteiger partial charge in [-0.3, -0.25) is 19.7 Å². The molecule has 0 spiro atoms. The zero-order valence-corrected chi connectivity index (χ0v) is 17.6. The third kappa shape index (κ3) is 4.28. The summed E-state index contributed by atoms with van der Waals surface area (Å²) >= 11 is 0. The molecule has 0 atom stereocenters. The molecule has 0 bridgehead atoms. The second kappa shape index (κ2) is 8.79. The highest BCUT2D eigenvalue weighted by atomic mass is 16.6. The summed E-state index contributed by atoms with van der Waals surface area (Å²) in [4.78, 5) is 20.4. The summed E-state index contributed by atoms with van der Waals surface area (Å²) in [5.74, 6) is 0. The normalized spacial score (nSPS) is 15.5. The summed E-state index contributed by atoms with van der Waals surface area (Å²) in [6.45, 7) is 9.68. The first-order valence-corrected chi connectivity index (χ1v) is 10.6. The number of non-ortho nitro benzene ring substituents is 1. The lowest BCUT2D eigenvalue weighted by molar-refractivity contribution is -0.383. The molecule has 8 heteroatoms. The zero-order chi connectivity index (χ0) is 21.1. The minimum Gasteiger partial charge on any atom is -0.370 e. The number of anilines is 1. The van der Waals surface area contributed by atoms with E-state index in [0.29, 0.717) is 5.52 Å². The fraction of sp³-hybridized carbons (Fsp3) is 0.455. The van der Waals surface area contributed by atoms with Gasteiger partial charge in [-0.15, -0.1) is 0 Å². The van der Waals surface area contributed by atoms with Crippen LogP contribution in [0.3, 0.4) is 0 Å². The molecular formula is C22H28N6O2. The van der Waals surface area contributed by atoms with Gasteiger partial charge in [-0.2, -0.15) is 5.10 Å². The van der Waals surface area contributed by atoms with Gasteiger partial charge in [0.05, 0.1) is 11.1 Å². The maximum absolute atomic E-state index is 11.5. The first-order chi connectivity index (χ1) is 14.5. The quantitative estimate of drug-likeness (QED) is 0.456. The van der Waals surface area contributed by atoms with Crippen molar-refractivity contribution >= 4 is 22.3 Å². The molecule has 1 aromatic carbocycles. The maximum Gasteiger partial charge on any atom is 0.295 e. The van der Waals surface area contributed by atoms with E-state index in [-0.39, 0.29) is 10.6 Å². The molecule has 1 fully saturated rings. The molecule has 3 heterocycles. The van der Waals surface area contributed by atoms with Crippen molar-refractivity contribution < 1.29 is 4.92 Å². The number of fused-ring (bicyclic) bond motifs is 1. The van der Waals surface area contributed by atoms with Crippen molar-refractivity contribution in [3.05, 3.63) is 58.0 Å². The van der Waals surface area contributed by atoms with E-state index in [2.05, 4.69) is 39.1 Å². The van der Waals surface area contributed by atoms with Crippen molar-refractivity contribution in [3.8, 4) is 0 Å². The number of nitro groups is 1. The fourth-order valence-corrected chi connectivity index (χ4v) is 4.22. The smallest absolute Gasteiger partial charge is 0.295 e. The van der Waals surface area contributed by atoms with Gasteiger partial charge in [0, 0.05) is 73.9 Å². The molecule has 30 heavy (non-hydrogen) atoms. The van der Waals surface area contributed by atoms with E-state index in [0.717, 1.165) is 68.9 Å². The second-order valence-electron chi connectivity index (χ2n) is 7.94.